The molecule has 1 aliphatic rings. The number of amides is 3. The van der Waals surface area contributed by atoms with E-state index in [1.54, 1.807) is 17.0 Å². The predicted octanol–water partition coefficient (Wildman–Crippen LogP) is 0.372. The highest BCUT2D eigenvalue weighted by Crippen LogP contribution is 2.21. The third-order valence-electron chi connectivity index (χ3n) is 4.82. The van der Waals surface area contributed by atoms with Crippen molar-refractivity contribution in [3.8, 4) is 0 Å². The lowest BCUT2D eigenvalue weighted by Gasteiger charge is -2.36. The van der Waals surface area contributed by atoms with Gasteiger partial charge >= 0.3 is 5.97 Å². The summed E-state index contributed by atoms with van der Waals surface area (Å²) in [6.45, 7) is 3.85. The molecule has 1 aromatic heterocycles. The summed E-state index contributed by atoms with van der Waals surface area (Å²) < 4.78 is 0. The minimum absolute atomic E-state index is 0.0979. The molecule has 2 atom stereocenters. The van der Waals surface area contributed by atoms with Crippen molar-refractivity contribution in [2.75, 3.05) is 26.2 Å². The summed E-state index contributed by atoms with van der Waals surface area (Å²) in [7, 11) is 0. The first-order valence-electron chi connectivity index (χ1n) is 9.28. The summed E-state index contributed by atoms with van der Waals surface area (Å²) in [5.41, 5.74) is 0.504. The summed E-state index contributed by atoms with van der Waals surface area (Å²) in [5.74, 6) is -2.32. The van der Waals surface area contributed by atoms with Crippen molar-refractivity contribution in [2.45, 2.75) is 32.7 Å². The fourth-order valence-electron chi connectivity index (χ4n) is 3.26. The molecule has 152 valence electrons. The second-order valence-electron chi connectivity index (χ2n) is 6.86. The molecule has 1 aliphatic heterocycles. The van der Waals surface area contributed by atoms with Crippen molar-refractivity contribution in [2.24, 2.45) is 5.92 Å². The number of carbonyl (C=O) groups excluding carboxylic acids is 3. The molecule has 9 heteroatoms. The number of carbonyl (C=O) groups is 4. The smallest absolute Gasteiger partial charge is 0.326 e. The third-order valence-corrected chi connectivity index (χ3v) is 4.82. The van der Waals surface area contributed by atoms with Crippen LogP contribution in [0, 0.1) is 5.92 Å². The van der Waals surface area contributed by atoms with Gasteiger partial charge in [-0.15, -0.1) is 0 Å². The highest BCUT2D eigenvalue weighted by atomic mass is 16.4. The lowest BCUT2D eigenvalue weighted by atomic mass is 9.95. The number of rotatable bonds is 7. The second-order valence-corrected chi connectivity index (χ2v) is 6.86. The fraction of sp³-hybridized carbons (Fsp3) is 0.526. The van der Waals surface area contributed by atoms with E-state index in [9.17, 15) is 24.3 Å². The number of pyridine rings is 1. The van der Waals surface area contributed by atoms with Crippen molar-refractivity contribution in [3.63, 3.8) is 0 Å². The average Bonchev–Trinajstić information content (AvgIpc) is 2.70. The van der Waals surface area contributed by atoms with Crippen molar-refractivity contribution in [1.29, 1.82) is 0 Å². The van der Waals surface area contributed by atoms with Crippen molar-refractivity contribution in [3.05, 3.63) is 30.1 Å². The molecule has 1 saturated heterocycles. The van der Waals surface area contributed by atoms with Crippen LogP contribution < -0.4 is 5.32 Å². The topological polar surface area (TPSA) is 120 Å². The Morgan fingerprint density at radius 3 is 2.61 bits per heavy atom. The minimum atomic E-state index is -1.11. The van der Waals surface area contributed by atoms with Gasteiger partial charge in [0.15, 0.2) is 0 Å². The monoisotopic (exact) mass is 390 g/mol. The molecule has 3 amide bonds. The van der Waals surface area contributed by atoms with E-state index in [4.69, 9.17) is 0 Å². The molecule has 0 saturated carbocycles. The Morgan fingerprint density at radius 1 is 1.32 bits per heavy atom. The number of carboxylic acid groups (broad SMARTS) is 1. The SMILES string of the molecule is CC(=O)NCCN(C(=O)C1CCCN(C(=O)c2ccncc2)C1)C(C)C(=O)O. The maximum Gasteiger partial charge on any atom is 0.326 e. The standard InChI is InChI=1S/C19H26N4O5/c1-13(19(27)28)23(11-9-21-14(2)24)18(26)16-4-3-10-22(12-16)17(25)15-5-7-20-8-6-15/h5-8,13,16H,3-4,9-12H2,1-2H3,(H,21,24)(H,27,28). The van der Waals surface area contributed by atoms with Crippen LogP contribution in [0.2, 0.25) is 0 Å². The van der Waals surface area contributed by atoms with Crippen molar-refractivity contribution >= 4 is 23.7 Å². The zero-order chi connectivity index (χ0) is 20.7. The van der Waals surface area contributed by atoms with Gasteiger partial charge in [0.25, 0.3) is 5.91 Å². The van der Waals surface area contributed by atoms with E-state index >= 15 is 0 Å². The first-order chi connectivity index (χ1) is 13.3. The molecule has 0 aromatic carbocycles. The normalized spacial score (nSPS) is 17.5. The number of nitrogens with zero attached hydrogens (tertiary/aromatic N) is 3. The van der Waals surface area contributed by atoms with Gasteiger partial charge in [-0.05, 0) is 31.9 Å². The van der Waals surface area contributed by atoms with Crippen molar-refractivity contribution < 1.29 is 24.3 Å². The Kier molecular flexibility index (Phi) is 7.48. The fourth-order valence-corrected chi connectivity index (χ4v) is 3.26. The van der Waals surface area contributed by atoms with Crippen LogP contribution in [0.15, 0.2) is 24.5 Å². The van der Waals surface area contributed by atoms with Crippen LogP contribution in [0.1, 0.15) is 37.0 Å². The Balaban J connectivity index is 2.08. The van der Waals surface area contributed by atoms with E-state index in [2.05, 4.69) is 10.3 Å². The molecule has 0 radical (unpaired) electrons. The van der Waals surface area contributed by atoms with E-state index in [1.165, 1.54) is 31.1 Å². The molecular formula is C19H26N4O5. The Bertz CT molecular complexity index is 724. The Morgan fingerprint density at radius 2 is 2.00 bits per heavy atom. The summed E-state index contributed by atoms with van der Waals surface area (Å²) >= 11 is 0. The highest BCUT2D eigenvalue weighted by Gasteiger charge is 2.34. The van der Waals surface area contributed by atoms with Crippen LogP contribution in [0.4, 0.5) is 0 Å². The molecule has 2 N–H and O–H groups in total. The second kappa shape index (κ2) is 9.82. The minimum Gasteiger partial charge on any atom is -0.480 e. The number of carboxylic acids is 1. The molecule has 2 unspecified atom stereocenters. The quantitative estimate of drug-likeness (QED) is 0.694. The van der Waals surface area contributed by atoms with Crippen molar-refractivity contribution in [1.82, 2.24) is 20.1 Å². The predicted molar refractivity (Wildman–Crippen MR) is 100 cm³/mol. The summed E-state index contributed by atoms with van der Waals surface area (Å²) in [6.07, 6.45) is 4.33. The largest absolute Gasteiger partial charge is 0.480 e. The van der Waals surface area contributed by atoms with Crippen LogP contribution in [-0.2, 0) is 14.4 Å². The highest BCUT2D eigenvalue weighted by molar-refractivity contribution is 5.94. The van der Waals surface area contributed by atoms with Gasteiger partial charge < -0.3 is 20.2 Å². The van der Waals surface area contributed by atoms with E-state index in [-0.39, 0.29) is 37.4 Å². The van der Waals surface area contributed by atoms with Gasteiger partial charge in [0.1, 0.15) is 6.04 Å². The number of likely N-dealkylation sites (tertiary alicyclic amines) is 1. The molecule has 2 rings (SSSR count). The lowest BCUT2D eigenvalue weighted by Crippen LogP contribution is -2.52. The van der Waals surface area contributed by atoms with E-state index < -0.39 is 17.9 Å². The van der Waals surface area contributed by atoms with Gasteiger partial charge in [-0.2, -0.15) is 0 Å². The van der Waals surface area contributed by atoms with Crippen LogP contribution in [0.5, 0.6) is 0 Å². The number of aromatic nitrogens is 1. The number of piperidine rings is 1. The van der Waals surface area contributed by atoms with Gasteiger partial charge in [0, 0.05) is 51.1 Å². The van der Waals surface area contributed by atoms with E-state index in [0.717, 1.165) is 0 Å². The maximum atomic E-state index is 13.0. The first-order valence-corrected chi connectivity index (χ1v) is 9.28. The molecule has 2 heterocycles. The maximum absolute atomic E-state index is 13.0. The van der Waals surface area contributed by atoms with Gasteiger partial charge in [-0.3, -0.25) is 19.4 Å². The molecule has 0 bridgehead atoms. The van der Waals surface area contributed by atoms with E-state index in [0.29, 0.717) is 24.9 Å². The van der Waals surface area contributed by atoms with Crippen LogP contribution in [0.3, 0.4) is 0 Å². The van der Waals surface area contributed by atoms with Gasteiger partial charge in [-0.25, -0.2) is 4.79 Å². The molecule has 1 aromatic rings. The summed E-state index contributed by atoms with van der Waals surface area (Å²) in [5, 5.41) is 11.9. The number of aliphatic carboxylic acids is 1. The van der Waals surface area contributed by atoms with Gasteiger partial charge in [-0.1, -0.05) is 0 Å². The molecule has 0 aliphatic carbocycles. The number of hydrogen-bond acceptors (Lipinski definition) is 5. The lowest BCUT2D eigenvalue weighted by molar-refractivity contribution is -0.152. The average molecular weight is 390 g/mol. The first kappa shape index (κ1) is 21.3. The molecule has 28 heavy (non-hydrogen) atoms. The molecular weight excluding hydrogens is 364 g/mol. The van der Waals surface area contributed by atoms with Gasteiger partial charge in [0.05, 0.1) is 5.92 Å². The zero-order valence-corrected chi connectivity index (χ0v) is 16.1. The van der Waals surface area contributed by atoms with Crippen LogP contribution in [-0.4, -0.2) is 75.8 Å². The number of nitrogens with one attached hydrogen (secondary N) is 1. The molecule has 9 nitrogen and oxygen atoms in total. The number of hydrogen-bond donors (Lipinski definition) is 2. The Labute approximate surface area is 163 Å². The molecule has 1 fully saturated rings. The van der Waals surface area contributed by atoms with Crippen LogP contribution >= 0.6 is 0 Å². The molecule has 0 spiro atoms. The van der Waals surface area contributed by atoms with Gasteiger partial charge in [0.2, 0.25) is 11.8 Å². The Hall–Kier alpha value is -2.97. The van der Waals surface area contributed by atoms with Crippen LogP contribution in [0.25, 0.3) is 0 Å². The summed E-state index contributed by atoms with van der Waals surface area (Å²) in [4.78, 5) is 55.0. The zero-order valence-electron chi connectivity index (χ0n) is 16.1. The summed E-state index contributed by atoms with van der Waals surface area (Å²) in [6, 6.07) is 2.23. The van der Waals surface area contributed by atoms with E-state index in [1.807, 2.05) is 0 Å². The third kappa shape index (κ3) is 5.51.